The molecular weight excluding hydrogens is 535 g/mol. The van der Waals surface area contributed by atoms with E-state index >= 15 is 0 Å². The Balaban J connectivity index is 1.55. The van der Waals surface area contributed by atoms with Gasteiger partial charge in [-0.1, -0.05) is 11.3 Å². The Kier molecular flexibility index (Phi) is 6.00. The zero-order valence-electron chi connectivity index (χ0n) is 19.4. The van der Waals surface area contributed by atoms with Gasteiger partial charge in [-0.05, 0) is 43.8 Å². The van der Waals surface area contributed by atoms with Crippen LogP contribution in [0.3, 0.4) is 0 Å². The summed E-state index contributed by atoms with van der Waals surface area (Å²) < 4.78 is 72.5. The molecular formula is C22H21F5N8S2. The summed E-state index contributed by atoms with van der Waals surface area (Å²) in [4.78, 5) is 7.08. The first-order valence-electron chi connectivity index (χ1n) is 11.5. The van der Waals surface area contributed by atoms with Gasteiger partial charge in [0.2, 0.25) is 0 Å². The quantitative estimate of drug-likeness (QED) is 0.258. The second-order valence-electron chi connectivity index (χ2n) is 9.41. The Hall–Kier alpha value is -2.62. The van der Waals surface area contributed by atoms with Crippen LogP contribution < -0.4 is 14.9 Å². The summed E-state index contributed by atoms with van der Waals surface area (Å²) in [6.07, 6.45) is -3.61. The van der Waals surface area contributed by atoms with E-state index in [1.165, 1.54) is 18.1 Å². The highest BCUT2D eigenvalue weighted by atomic mass is 32.2. The smallest absolute Gasteiger partial charge is 0.367 e. The fraction of sp³-hybridized carbons (Fsp3) is 0.455. The molecule has 1 saturated carbocycles. The molecule has 0 amide bonds. The fourth-order valence-corrected chi connectivity index (χ4v) is 5.88. The summed E-state index contributed by atoms with van der Waals surface area (Å²) in [5.41, 5.74) is 1.83. The van der Waals surface area contributed by atoms with Gasteiger partial charge in [-0.25, -0.2) is 18.3 Å². The van der Waals surface area contributed by atoms with Crippen LogP contribution in [0.1, 0.15) is 31.2 Å². The molecule has 1 atom stereocenters. The Morgan fingerprint density at radius 1 is 1.24 bits per heavy atom. The predicted octanol–water partition coefficient (Wildman–Crippen LogP) is 4.83. The zero-order chi connectivity index (χ0) is 25.9. The number of aromatic nitrogens is 5. The van der Waals surface area contributed by atoms with E-state index in [1.807, 2.05) is 12.1 Å². The lowest BCUT2D eigenvalue weighted by molar-refractivity contribution is -0.155. The molecule has 3 aromatic heterocycles. The Morgan fingerprint density at radius 3 is 2.76 bits per heavy atom. The van der Waals surface area contributed by atoms with Gasteiger partial charge in [0.1, 0.15) is 11.7 Å². The number of nitrogens with zero attached hydrogens (tertiary/aromatic N) is 6. The molecule has 2 aliphatic rings. The molecule has 4 heterocycles. The highest BCUT2D eigenvalue weighted by Gasteiger charge is 2.42. The molecule has 2 fully saturated rings. The molecule has 1 saturated heterocycles. The number of rotatable bonds is 6. The fourth-order valence-electron chi connectivity index (χ4n) is 4.27. The van der Waals surface area contributed by atoms with E-state index in [-0.39, 0.29) is 23.6 Å². The van der Waals surface area contributed by atoms with Gasteiger partial charge < -0.3 is 10.2 Å². The van der Waals surface area contributed by atoms with Crippen molar-refractivity contribution >= 4 is 45.5 Å². The van der Waals surface area contributed by atoms with Crippen LogP contribution in [-0.4, -0.2) is 62.2 Å². The van der Waals surface area contributed by atoms with Gasteiger partial charge in [0.05, 0.1) is 17.4 Å². The normalized spacial score (nSPS) is 19.9. The zero-order valence-corrected chi connectivity index (χ0v) is 21.0. The minimum Gasteiger partial charge on any atom is -0.367 e. The van der Waals surface area contributed by atoms with Crippen molar-refractivity contribution in [2.75, 3.05) is 24.5 Å². The first-order valence-corrected chi connectivity index (χ1v) is 13.2. The van der Waals surface area contributed by atoms with Gasteiger partial charge in [-0.3, -0.25) is 4.72 Å². The van der Waals surface area contributed by atoms with Crippen LogP contribution in [-0.2, 0) is 0 Å². The number of piperazine rings is 1. The van der Waals surface area contributed by atoms with Crippen molar-refractivity contribution in [3.05, 3.63) is 29.4 Å². The maximum absolute atomic E-state index is 13.6. The molecule has 37 heavy (non-hydrogen) atoms. The molecule has 1 aliphatic carbocycles. The lowest BCUT2D eigenvalue weighted by Gasteiger charge is -2.36. The highest BCUT2D eigenvalue weighted by molar-refractivity contribution is 7.97. The first-order chi connectivity index (χ1) is 17.6. The SMILES string of the molecule is CC1(NSc2cc(N3CCNC(C(F)(F)F)C3)c3c(c2)c(-c2nnc(C(F)F)s2)nc2ccnn23)CC1. The highest BCUT2D eigenvalue weighted by Crippen LogP contribution is 2.42. The number of hydrogen-bond donors (Lipinski definition) is 2. The van der Waals surface area contributed by atoms with E-state index in [0.29, 0.717) is 34.5 Å². The summed E-state index contributed by atoms with van der Waals surface area (Å²) in [6, 6.07) is 3.65. The summed E-state index contributed by atoms with van der Waals surface area (Å²) in [5.74, 6) is 0. The lowest BCUT2D eigenvalue weighted by Crippen LogP contribution is -2.57. The maximum Gasteiger partial charge on any atom is 0.405 e. The molecule has 196 valence electrons. The Morgan fingerprint density at radius 2 is 2.05 bits per heavy atom. The van der Waals surface area contributed by atoms with Gasteiger partial charge >= 0.3 is 6.18 Å². The van der Waals surface area contributed by atoms with Gasteiger partial charge in [0.15, 0.2) is 15.7 Å². The minimum absolute atomic E-state index is 0.00533. The van der Waals surface area contributed by atoms with Gasteiger partial charge in [-0.2, -0.15) is 18.3 Å². The van der Waals surface area contributed by atoms with E-state index < -0.39 is 23.7 Å². The van der Waals surface area contributed by atoms with Crippen LogP contribution in [0.4, 0.5) is 27.6 Å². The number of nitrogens with one attached hydrogen (secondary N) is 2. The minimum atomic E-state index is -4.41. The molecule has 1 aromatic carbocycles. The van der Waals surface area contributed by atoms with Gasteiger partial charge in [0, 0.05) is 41.5 Å². The average molecular weight is 557 g/mol. The van der Waals surface area contributed by atoms with Crippen molar-refractivity contribution < 1.29 is 22.0 Å². The van der Waals surface area contributed by atoms with Crippen molar-refractivity contribution in [2.45, 2.75) is 48.8 Å². The summed E-state index contributed by atoms with van der Waals surface area (Å²) in [6.45, 7) is 2.30. The van der Waals surface area contributed by atoms with Crippen molar-refractivity contribution in [1.82, 2.24) is 34.8 Å². The number of benzene rings is 1. The molecule has 0 radical (unpaired) electrons. The van der Waals surface area contributed by atoms with Gasteiger partial charge in [0.25, 0.3) is 6.43 Å². The van der Waals surface area contributed by atoms with Crippen LogP contribution in [0.25, 0.3) is 27.3 Å². The molecule has 6 rings (SSSR count). The van der Waals surface area contributed by atoms with Crippen molar-refractivity contribution in [3.8, 4) is 10.7 Å². The van der Waals surface area contributed by atoms with E-state index in [9.17, 15) is 22.0 Å². The standard InChI is InChI=1S/C22H21F5N8S2/c1-21(3-4-21)33-37-11-8-12-16(19-31-32-20(36-19)18(23)24)30-15-2-5-29-35(15)17(12)13(9-11)34-7-6-28-14(10-34)22(25,26)27/h2,5,8-9,14,18,28,33H,3-4,6-7,10H2,1H3. The number of hydrogen-bond acceptors (Lipinski definition) is 9. The first kappa shape index (κ1) is 24.7. The van der Waals surface area contributed by atoms with Crippen molar-refractivity contribution in [2.24, 2.45) is 0 Å². The molecule has 2 N–H and O–H groups in total. The third kappa shape index (κ3) is 4.73. The van der Waals surface area contributed by atoms with Crippen LogP contribution in [0.5, 0.6) is 0 Å². The topological polar surface area (TPSA) is 83.3 Å². The van der Waals surface area contributed by atoms with Gasteiger partial charge in [-0.15, -0.1) is 10.2 Å². The lowest BCUT2D eigenvalue weighted by atomic mass is 10.1. The summed E-state index contributed by atoms with van der Waals surface area (Å²) >= 11 is 2.13. The van der Waals surface area contributed by atoms with Crippen LogP contribution in [0.15, 0.2) is 29.3 Å². The third-order valence-electron chi connectivity index (χ3n) is 6.54. The Bertz CT molecular complexity index is 1460. The van der Waals surface area contributed by atoms with Crippen molar-refractivity contribution in [3.63, 3.8) is 0 Å². The van der Waals surface area contributed by atoms with E-state index in [0.717, 1.165) is 29.1 Å². The molecule has 0 spiro atoms. The third-order valence-corrected chi connectivity index (χ3v) is 8.54. The monoisotopic (exact) mass is 556 g/mol. The van der Waals surface area contributed by atoms with Crippen LogP contribution in [0, 0.1) is 0 Å². The predicted molar refractivity (Wildman–Crippen MR) is 131 cm³/mol. The van der Waals surface area contributed by atoms with E-state index in [1.54, 1.807) is 15.5 Å². The maximum atomic E-state index is 13.6. The number of halogens is 5. The van der Waals surface area contributed by atoms with E-state index in [4.69, 9.17) is 0 Å². The van der Waals surface area contributed by atoms with Crippen LogP contribution in [0.2, 0.25) is 0 Å². The second-order valence-corrected chi connectivity index (χ2v) is 11.3. The average Bonchev–Trinajstić information content (AvgIpc) is 3.25. The molecule has 8 nitrogen and oxygen atoms in total. The number of fused-ring (bicyclic) bond motifs is 3. The molecule has 0 bridgehead atoms. The van der Waals surface area contributed by atoms with Crippen molar-refractivity contribution in [1.29, 1.82) is 0 Å². The second kappa shape index (κ2) is 8.99. The number of anilines is 1. The molecule has 4 aromatic rings. The largest absolute Gasteiger partial charge is 0.405 e. The number of alkyl halides is 5. The summed E-state index contributed by atoms with van der Waals surface area (Å²) in [7, 11) is 0. The molecule has 15 heteroatoms. The van der Waals surface area contributed by atoms with E-state index in [2.05, 4.69) is 37.2 Å². The Labute approximate surface area is 215 Å². The molecule has 1 unspecified atom stereocenters. The molecule has 1 aliphatic heterocycles. The van der Waals surface area contributed by atoms with Crippen LogP contribution >= 0.6 is 23.3 Å². The summed E-state index contributed by atoms with van der Waals surface area (Å²) in [5, 5.41) is 14.8.